The first kappa shape index (κ1) is 16.2. The molecule has 0 aliphatic carbocycles. The van der Waals surface area contributed by atoms with E-state index >= 15 is 0 Å². The van der Waals surface area contributed by atoms with Crippen LogP contribution in [-0.4, -0.2) is 25.6 Å². The lowest BCUT2D eigenvalue weighted by Gasteiger charge is -2.10. The standard InChI is InChI=1S/C13H25N3O2S/c1-5-7-16-10-13(19(17,18)15-6-2)8-12(16)9-14-11(3)4/h8,10-11,14-15H,5-7,9H2,1-4H3. The Hall–Kier alpha value is -0.850. The van der Waals surface area contributed by atoms with E-state index in [1.807, 2.05) is 4.57 Å². The second kappa shape index (κ2) is 7.07. The minimum Gasteiger partial charge on any atom is -0.349 e. The number of aromatic nitrogens is 1. The lowest BCUT2D eigenvalue weighted by Crippen LogP contribution is -2.23. The molecule has 2 N–H and O–H groups in total. The van der Waals surface area contributed by atoms with Gasteiger partial charge in [-0.2, -0.15) is 0 Å². The van der Waals surface area contributed by atoms with E-state index in [4.69, 9.17) is 0 Å². The van der Waals surface area contributed by atoms with Crippen LogP contribution >= 0.6 is 0 Å². The highest BCUT2D eigenvalue weighted by Crippen LogP contribution is 2.15. The fourth-order valence-corrected chi connectivity index (χ4v) is 2.96. The lowest BCUT2D eigenvalue weighted by atomic mass is 10.3. The first-order valence-corrected chi connectivity index (χ1v) is 8.31. The monoisotopic (exact) mass is 287 g/mol. The van der Waals surface area contributed by atoms with Crippen LogP contribution in [0.3, 0.4) is 0 Å². The lowest BCUT2D eigenvalue weighted by molar-refractivity contribution is 0.551. The highest BCUT2D eigenvalue weighted by Gasteiger charge is 2.17. The van der Waals surface area contributed by atoms with Crippen LogP contribution in [0.25, 0.3) is 0 Å². The molecule has 110 valence electrons. The first-order valence-electron chi connectivity index (χ1n) is 6.82. The average Bonchev–Trinajstić information content (AvgIpc) is 2.71. The highest BCUT2D eigenvalue weighted by atomic mass is 32.2. The van der Waals surface area contributed by atoms with Crippen molar-refractivity contribution in [3.63, 3.8) is 0 Å². The Bertz CT molecular complexity index is 492. The summed E-state index contributed by atoms with van der Waals surface area (Å²) in [6, 6.07) is 2.13. The number of aryl methyl sites for hydroxylation is 1. The molecule has 5 nitrogen and oxygen atoms in total. The predicted octanol–water partition coefficient (Wildman–Crippen LogP) is 1.69. The van der Waals surface area contributed by atoms with Crippen molar-refractivity contribution in [3.05, 3.63) is 18.0 Å². The van der Waals surface area contributed by atoms with Gasteiger partial charge in [0.25, 0.3) is 0 Å². The second-order valence-electron chi connectivity index (χ2n) is 4.90. The molecule has 0 aliphatic heterocycles. The number of rotatable bonds is 8. The molecule has 1 heterocycles. The Morgan fingerprint density at radius 2 is 2.00 bits per heavy atom. The van der Waals surface area contributed by atoms with Crippen LogP contribution in [0.1, 0.15) is 39.8 Å². The molecule has 1 rings (SSSR count). The maximum Gasteiger partial charge on any atom is 0.242 e. The molecule has 1 aromatic rings. The molecule has 0 aromatic carbocycles. The van der Waals surface area contributed by atoms with Crippen molar-refractivity contribution in [2.75, 3.05) is 6.54 Å². The Balaban J connectivity index is 2.99. The highest BCUT2D eigenvalue weighted by molar-refractivity contribution is 7.89. The third-order valence-corrected chi connectivity index (χ3v) is 4.27. The van der Waals surface area contributed by atoms with Crippen LogP contribution in [0.5, 0.6) is 0 Å². The zero-order chi connectivity index (χ0) is 14.5. The summed E-state index contributed by atoms with van der Waals surface area (Å²) in [5.41, 5.74) is 1.01. The van der Waals surface area contributed by atoms with Gasteiger partial charge in [0, 0.05) is 37.6 Å². The summed E-state index contributed by atoms with van der Waals surface area (Å²) in [5.74, 6) is 0. The van der Waals surface area contributed by atoms with Crippen molar-refractivity contribution >= 4 is 10.0 Å². The van der Waals surface area contributed by atoms with Gasteiger partial charge < -0.3 is 9.88 Å². The van der Waals surface area contributed by atoms with E-state index in [1.54, 1.807) is 19.2 Å². The number of hydrogen-bond donors (Lipinski definition) is 2. The molecule has 6 heteroatoms. The topological polar surface area (TPSA) is 63.1 Å². The number of hydrogen-bond acceptors (Lipinski definition) is 3. The Morgan fingerprint density at radius 1 is 1.32 bits per heavy atom. The number of sulfonamides is 1. The normalized spacial score (nSPS) is 12.3. The van der Waals surface area contributed by atoms with Crippen LogP contribution in [-0.2, 0) is 23.1 Å². The fourth-order valence-electron chi connectivity index (χ4n) is 1.85. The Kier molecular flexibility index (Phi) is 6.03. The molecule has 0 saturated carbocycles. The third-order valence-electron chi connectivity index (χ3n) is 2.76. The van der Waals surface area contributed by atoms with E-state index in [0.29, 0.717) is 24.0 Å². The summed E-state index contributed by atoms with van der Waals surface area (Å²) < 4.78 is 28.5. The van der Waals surface area contributed by atoms with E-state index in [2.05, 4.69) is 30.8 Å². The van der Waals surface area contributed by atoms with E-state index in [9.17, 15) is 8.42 Å². The molecule has 0 radical (unpaired) electrons. The second-order valence-corrected chi connectivity index (χ2v) is 6.66. The Morgan fingerprint density at radius 3 is 2.53 bits per heavy atom. The van der Waals surface area contributed by atoms with Gasteiger partial charge in [-0.1, -0.05) is 27.7 Å². The van der Waals surface area contributed by atoms with Gasteiger partial charge in [0.15, 0.2) is 0 Å². The molecule has 1 aromatic heterocycles. The average molecular weight is 287 g/mol. The van der Waals surface area contributed by atoms with E-state index in [-0.39, 0.29) is 0 Å². The van der Waals surface area contributed by atoms with Crippen molar-refractivity contribution in [2.45, 2.75) is 58.1 Å². The van der Waals surface area contributed by atoms with Crippen molar-refractivity contribution in [3.8, 4) is 0 Å². The minimum absolute atomic E-state index is 0.350. The minimum atomic E-state index is -3.37. The van der Waals surface area contributed by atoms with E-state index in [1.165, 1.54) is 0 Å². The van der Waals surface area contributed by atoms with Gasteiger partial charge >= 0.3 is 0 Å². The number of nitrogens with one attached hydrogen (secondary N) is 2. The molecular weight excluding hydrogens is 262 g/mol. The maximum absolute atomic E-state index is 12.0. The van der Waals surface area contributed by atoms with Crippen LogP contribution < -0.4 is 10.0 Å². The molecule has 0 unspecified atom stereocenters. The van der Waals surface area contributed by atoms with Crippen LogP contribution in [0.15, 0.2) is 17.2 Å². The predicted molar refractivity (Wildman–Crippen MR) is 77.6 cm³/mol. The summed E-state index contributed by atoms with van der Waals surface area (Å²) >= 11 is 0. The van der Waals surface area contributed by atoms with Gasteiger partial charge in [-0.3, -0.25) is 0 Å². The molecule has 0 bridgehead atoms. The number of nitrogens with zero attached hydrogens (tertiary/aromatic N) is 1. The van der Waals surface area contributed by atoms with Gasteiger partial charge in [0.1, 0.15) is 0 Å². The van der Waals surface area contributed by atoms with Crippen LogP contribution in [0.4, 0.5) is 0 Å². The molecule has 0 fully saturated rings. The van der Waals surface area contributed by atoms with E-state index in [0.717, 1.165) is 18.7 Å². The molecular formula is C13H25N3O2S. The summed E-state index contributed by atoms with van der Waals surface area (Å²) in [7, 11) is -3.37. The van der Waals surface area contributed by atoms with Crippen LogP contribution in [0, 0.1) is 0 Å². The van der Waals surface area contributed by atoms with Gasteiger partial charge in [-0.15, -0.1) is 0 Å². The molecule has 0 atom stereocenters. The summed E-state index contributed by atoms with van der Waals surface area (Å²) in [5, 5.41) is 3.32. The van der Waals surface area contributed by atoms with Gasteiger partial charge in [0.05, 0.1) is 4.90 Å². The summed E-state index contributed by atoms with van der Waals surface area (Å²) in [6.07, 6.45) is 2.70. The summed E-state index contributed by atoms with van der Waals surface area (Å²) in [4.78, 5) is 0.350. The Labute approximate surface area is 116 Å². The molecule has 19 heavy (non-hydrogen) atoms. The fraction of sp³-hybridized carbons (Fsp3) is 0.692. The van der Waals surface area contributed by atoms with Crippen molar-refractivity contribution in [2.24, 2.45) is 0 Å². The third kappa shape index (κ3) is 4.63. The molecule has 0 spiro atoms. The maximum atomic E-state index is 12.0. The molecule has 0 saturated heterocycles. The van der Waals surface area contributed by atoms with Gasteiger partial charge in [-0.25, -0.2) is 13.1 Å². The van der Waals surface area contributed by atoms with Gasteiger partial charge in [-0.05, 0) is 12.5 Å². The van der Waals surface area contributed by atoms with Gasteiger partial charge in [0.2, 0.25) is 10.0 Å². The smallest absolute Gasteiger partial charge is 0.242 e. The van der Waals surface area contributed by atoms with Crippen molar-refractivity contribution in [1.29, 1.82) is 0 Å². The van der Waals surface area contributed by atoms with Crippen LogP contribution in [0.2, 0.25) is 0 Å². The van der Waals surface area contributed by atoms with Crippen molar-refractivity contribution in [1.82, 2.24) is 14.6 Å². The van der Waals surface area contributed by atoms with Crippen molar-refractivity contribution < 1.29 is 8.42 Å². The zero-order valence-corrected chi connectivity index (χ0v) is 13.0. The largest absolute Gasteiger partial charge is 0.349 e. The SMILES string of the molecule is CCCn1cc(S(=O)(=O)NCC)cc1CNC(C)C. The first-order chi connectivity index (χ1) is 8.90. The molecule has 0 aliphatic rings. The van der Waals surface area contributed by atoms with E-state index < -0.39 is 10.0 Å². The quantitative estimate of drug-likeness (QED) is 0.765. The summed E-state index contributed by atoms with van der Waals surface area (Å²) in [6.45, 7) is 9.92. The molecule has 0 amide bonds. The zero-order valence-electron chi connectivity index (χ0n) is 12.2.